The van der Waals surface area contributed by atoms with Crippen molar-refractivity contribution in [2.45, 2.75) is 57.7 Å². The van der Waals surface area contributed by atoms with E-state index < -0.39 is 0 Å². The van der Waals surface area contributed by atoms with Crippen molar-refractivity contribution in [1.82, 2.24) is 0 Å². The minimum Gasteiger partial charge on any atom is -0.0838 e. The molecule has 2 saturated carbocycles. The fraction of sp³-hybridized carbons (Fsp3) is 0.667. The molecule has 104 valence electrons. The molecular weight excluding hydrogens is 296 g/mol. The first-order chi connectivity index (χ1) is 9.04. The summed E-state index contributed by atoms with van der Waals surface area (Å²) in [5, 5.41) is 0. The summed E-state index contributed by atoms with van der Waals surface area (Å²) in [6, 6.07) is 4.66. The van der Waals surface area contributed by atoms with Gasteiger partial charge in [-0.1, -0.05) is 40.0 Å². The van der Waals surface area contributed by atoms with Crippen molar-refractivity contribution in [3.8, 4) is 0 Å². The third-order valence-electron chi connectivity index (χ3n) is 5.45. The van der Waals surface area contributed by atoms with Gasteiger partial charge in [0.05, 0.1) is 0 Å². The van der Waals surface area contributed by atoms with E-state index in [0.717, 1.165) is 17.8 Å². The molecule has 0 saturated heterocycles. The van der Waals surface area contributed by atoms with Gasteiger partial charge in [-0.15, -0.1) is 0 Å². The second-order valence-corrected chi connectivity index (χ2v) is 8.06. The molecule has 4 atom stereocenters. The van der Waals surface area contributed by atoms with Gasteiger partial charge in [-0.3, -0.25) is 0 Å². The van der Waals surface area contributed by atoms with Crippen LogP contribution in [0.1, 0.15) is 59.2 Å². The number of hydrogen-bond acceptors (Lipinski definition) is 0. The summed E-state index contributed by atoms with van der Waals surface area (Å²) in [6.45, 7) is 6.73. The van der Waals surface area contributed by atoms with Crippen LogP contribution < -0.4 is 0 Å². The van der Waals surface area contributed by atoms with Gasteiger partial charge in [0, 0.05) is 4.83 Å². The molecule has 2 aliphatic carbocycles. The maximum Gasteiger partial charge on any atom is 0.0403 e. The topological polar surface area (TPSA) is 0 Å². The van der Waals surface area contributed by atoms with Gasteiger partial charge >= 0.3 is 0 Å². The van der Waals surface area contributed by atoms with E-state index >= 15 is 0 Å². The molecule has 0 heterocycles. The average molecular weight is 321 g/mol. The first-order valence-corrected chi connectivity index (χ1v) is 8.68. The van der Waals surface area contributed by atoms with E-state index in [4.69, 9.17) is 0 Å². The second kappa shape index (κ2) is 5.24. The highest BCUT2D eigenvalue weighted by atomic mass is 79.9. The van der Waals surface area contributed by atoms with Gasteiger partial charge in [-0.25, -0.2) is 0 Å². The van der Waals surface area contributed by atoms with Gasteiger partial charge in [0.2, 0.25) is 0 Å². The lowest BCUT2D eigenvalue weighted by atomic mass is 9.83. The van der Waals surface area contributed by atoms with E-state index in [1.54, 1.807) is 5.56 Å². The van der Waals surface area contributed by atoms with Crippen molar-refractivity contribution in [2.75, 3.05) is 0 Å². The van der Waals surface area contributed by atoms with Crippen LogP contribution in [0.3, 0.4) is 0 Å². The van der Waals surface area contributed by atoms with Gasteiger partial charge in [0.25, 0.3) is 0 Å². The summed E-state index contributed by atoms with van der Waals surface area (Å²) in [7, 11) is 0. The summed E-state index contributed by atoms with van der Waals surface area (Å²) < 4.78 is 0. The van der Waals surface area contributed by atoms with Gasteiger partial charge < -0.3 is 0 Å². The van der Waals surface area contributed by atoms with Crippen LogP contribution in [0, 0.1) is 38.5 Å². The SMILES string of the molecule is Cc1cc(C)c(C(Br)CC2CC3CCC2C3)c(C)c1. The lowest BCUT2D eigenvalue weighted by molar-refractivity contribution is 0.314. The van der Waals surface area contributed by atoms with Crippen molar-refractivity contribution >= 4 is 15.9 Å². The number of fused-ring (bicyclic) bond motifs is 2. The molecule has 0 radical (unpaired) electrons. The Kier molecular flexibility index (Phi) is 3.77. The lowest BCUT2D eigenvalue weighted by Crippen LogP contribution is -2.13. The van der Waals surface area contributed by atoms with Crippen molar-refractivity contribution in [3.05, 3.63) is 34.4 Å². The number of aryl methyl sites for hydroxylation is 3. The van der Waals surface area contributed by atoms with Crippen LogP contribution in [0.4, 0.5) is 0 Å². The fourth-order valence-corrected chi connectivity index (χ4v) is 5.94. The van der Waals surface area contributed by atoms with Crippen molar-refractivity contribution in [2.24, 2.45) is 17.8 Å². The van der Waals surface area contributed by atoms with Crippen molar-refractivity contribution in [3.63, 3.8) is 0 Å². The molecule has 3 rings (SSSR count). The van der Waals surface area contributed by atoms with E-state index in [-0.39, 0.29) is 0 Å². The number of hydrogen-bond donors (Lipinski definition) is 0. The van der Waals surface area contributed by atoms with Crippen LogP contribution in [0.5, 0.6) is 0 Å². The molecule has 0 nitrogen and oxygen atoms in total. The van der Waals surface area contributed by atoms with E-state index in [1.807, 2.05) is 0 Å². The van der Waals surface area contributed by atoms with Crippen molar-refractivity contribution in [1.29, 1.82) is 0 Å². The summed E-state index contributed by atoms with van der Waals surface area (Å²) in [5.74, 6) is 3.08. The van der Waals surface area contributed by atoms with Gasteiger partial charge in [0.1, 0.15) is 0 Å². The zero-order valence-corrected chi connectivity index (χ0v) is 14.0. The quantitative estimate of drug-likeness (QED) is 0.610. The maximum atomic E-state index is 3.99. The molecule has 0 spiro atoms. The minimum absolute atomic E-state index is 0.553. The third-order valence-corrected chi connectivity index (χ3v) is 6.28. The van der Waals surface area contributed by atoms with E-state index in [0.29, 0.717) is 4.83 Å². The Balaban J connectivity index is 1.75. The van der Waals surface area contributed by atoms with Crippen molar-refractivity contribution < 1.29 is 0 Å². The highest BCUT2D eigenvalue weighted by Gasteiger charge is 2.40. The smallest absolute Gasteiger partial charge is 0.0403 e. The zero-order chi connectivity index (χ0) is 13.6. The van der Waals surface area contributed by atoms with Crippen LogP contribution in [0.25, 0.3) is 0 Å². The monoisotopic (exact) mass is 320 g/mol. The molecule has 2 bridgehead atoms. The molecule has 1 aromatic carbocycles. The van der Waals surface area contributed by atoms with Crippen LogP contribution in [-0.2, 0) is 0 Å². The fourth-order valence-electron chi connectivity index (χ4n) is 4.73. The molecule has 4 unspecified atom stereocenters. The largest absolute Gasteiger partial charge is 0.0838 e. The Hall–Kier alpha value is -0.300. The normalized spacial score (nSPS) is 30.8. The molecule has 1 heteroatoms. The summed E-state index contributed by atoms with van der Waals surface area (Å²) >= 11 is 3.99. The van der Waals surface area contributed by atoms with Crippen LogP contribution in [0.2, 0.25) is 0 Å². The molecule has 1 aromatic rings. The van der Waals surface area contributed by atoms with Crippen LogP contribution in [0.15, 0.2) is 12.1 Å². The van der Waals surface area contributed by atoms with Gasteiger partial charge in [-0.05, 0) is 80.9 Å². The van der Waals surface area contributed by atoms with Gasteiger partial charge in [-0.2, -0.15) is 0 Å². The molecule has 0 N–H and O–H groups in total. The number of benzene rings is 1. The summed E-state index contributed by atoms with van der Waals surface area (Å²) in [6.07, 6.45) is 7.37. The average Bonchev–Trinajstić information content (AvgIpc) is 2.89. The number of rotatable bonds is 3. The molecule has 0 amide bonds. The van der Waals surface area contributed by atoms with E-state index in [9.17, 15) is 0 Å². The standard InChI is InChI=1S/C18H25Br/c1-11-6-12(2)18(13(3)7-11)17(19)10-16-9-14-4-5-15(16)8-14/h6-7,14-17H,4-5,8-10H2,1-3H3. The Morgan fingerprint density at radius 3 is 2.32 bits per heavy atom. The maximum absolute atomic E-state index is 3.99. The Morgan fingerprint density at radius 1 is 1.11 bits per heavy atom. The third kappa shape index (κ3) is 2.63. The number of alkyl halides is 1. The molecule has 19 heavy (non-hydrogen) atoms. The van der Waals surface area contributed by atoms with Gasteiger partial charge in [0.15, 0.2) is 0 Å². The molecule has 0 aliphatic heterocycles. The second-order valence-electron chi connectivity index (χ2n) is 6.95. The molecule has 0 aromatic heterocycles. The number of halogens is 1. The lowest BCUT2D eigenvalue weighted by Gasteiger charge is -2.26. The molecule has 2 fully saturated rings. The van der Waals surface area contributed by atoms with Crippen LogP contribution >= 0.6 is 15.9 Å². The highest BCUT2D eigenvalue weighted by molar-refractivity contribution is 9.09. The first-order valence-electron chi connectivity index (χ1n) is 7.76. The Bertz CT molecular complexity index is 454. The predicted octanol–water partition coefficient (Wildman–Crippen LogP) is 5.87. The highest BCUT2D eigenvalue weighted by Crippen LogP contribution is 2.52. The van der Waals surface area contributed by atoms with Crippen LogP contribution in [-0.4, -0.2) is 0 Å². The predicted molar refractivity (Wildman–Crippen MR) is 85.9 cm³/mol. The molecular formula is C18H25Br. The summed E-state index contributed by atoms with van der Waals surface area (Å²) in [5.41, 5.74) is 5.86. The Morgan fingerprint density at radius 2 is 1.79 bits per heavy atom. The van der Waals surface area contributed by atoms with E-state index in [1.165, 1.54) is 48.8 Å². The summed E-state index contributed by atoms with van der Waals surface area (Å²) in [4.78, 5) is 0.553. The molecule has 2 aliphatic rings. The zero-order valence-electron chi connectivity index (χ0n) is 12.4. The Labute approximate surface area is 126 Å². The van der Waals surface area contributed by atoms with E-state index in [2.05, 4.69) is 48.8 Å². The minimum atomic E-state index is 0.553. The first kappa shape index (κ1) is 13.7.